The Balaban J connectivity index is 2.15. The lowest BCUT2D eigenvalue weighted by Gasteiger charge is -2.36. The number of aromatic nitrogens is 1. The Bertz CT molecular complexity index is 489. The van der Waals surface area contributed by atoms with Gasteiger partial charge in [0.1, 0.15) is 10.7 Å². The zero-order valence-electron chi connectivity index (χ0n) is 12.4. The molecule has 1 amide bonds. The van der Waals surface area contributed by atoms with Crippen molar-refractivity contribution in [2.24, 2.45) is 5.92 Å². The SMILES string of the molecule is COC1CN(C(=O)c2sc(N(C)C)nc2N)CCC1C. The highest BCUT2D eigenvalue weighted by Gasteiger charge is 2.31. The van der Waals surface area contributed by atoms with Crippen LogP contribution in [0.4, 0.5) is 10.9 Å². The third-order valence-electron chi connectivity index (χ3n) is 3.70. The molecule has 2 rings (SSSR count). The molecule has 20 heavy (non-hydrogen) atoms. The van der Waals surface area contributed by atoms with E-state index in [1.807, 2.05) is 23.9 Å². The van der Waals surface area contributed by atoms with Crippen LogP contribution >= 0.6 is 11.3 Å². The van der Waals surface area contributed by atoms with Gasteiger partial charge >= 0.3 is 0 Å². The molecule has 2 heterocycles. The quantitative estimate of drug-likeness (QED) is 0.910. The Hall–Kier alpha value is -1.34. The first-order valence-corrected chi connectivity index (χ1v) is 7.51. The van der Waals surface area contributed by atoms with Crippen LogP contribution in [0.2, 0.25) is 0 Å². The summed E-state index contributed by atoms with van der Waals surface area (Å²) in [7, 11) is 5.46. The van der Waals surface area contributed by atoms with Crippen molar-refractivity contribution in [1.82, 2.24) is 9.88 Å². The first kappa shape index (κ1) is 15.1. The lowest BCUT2D eigenvalue weighted by molar-refractivity contribution is -0.00136. The number of likely N-dealkylation sites (tertiary alicyclic amines) is 1. The second kappa shape index (κ2) is 5.97. The van der Waals surface area contributed by atoms with Gasteiger partial charge in [-0.1, -0.05) is 18.3 Å². The number of rotatable bonds is 3. The molecule has 0 bridgehead atoms. The summed E-state index contributed by atoms with van der Waals surface area (Å²) in [5.74, 6) is 0.749. The van der Waals surface area contributed by atoms with Crippen molar-refractivity contribution in [3.8, 4) is 0 Å². The molecule has 0 aromatic carbocycles. The third-order valence-corrected chi connectivity index (χ3v) is 4.93. The number of nitrogens with zero attached hydrogens (tertiary/aromatic N) is 3. The highest BCUT2D eigenvalue weighted by molar-refractivity contribution is 7.18. The summed E-state index contributed by atoms with van der Waals surface area (Å²) in [6.07, 6.45) is 1.04. The van der Waals surface area contributed by atoms with Crippen molar-refractivity contribution in [2.45, 2.75) is 19.4 Å². The molecular formula is C13H22N4O2S. The molecule has 1 aliphatic rings. The van der Waals surface area contributed by atoms with E-state index >= 15 is 0 Å². The molecule has 1 aromatic rings. The lowest BCUT2D eigenvalue weighted by atomic mass is 9.96. The molecule has 0 radical (unpaired) electrons. The van der Waals surface area contributed by atoms with E-state index in [1.54, 1.807) is 7.11 Å². The van der Waals surface area contributed by atoms with Gasteiger partial charge in [0, 0.05) is 34.3 Å². The molecule has 2 N–H and O–H groups in total. The summed E-state index contributed by atoms with van der Waals surface area (Å²) in [5.41, 5.74) is 5.88. The summed E-state index contributed by atoms with van der Waals surface area (Å²) in [6.45, 7) is 3.51. The maximum Gasteiger partial charge on any atom is 0.267 e. The Morgan fingerprint density at radius 3 is 2.80 bits per heavy atom. The monoisotopic (exact) mass is 298 g/mol. The molecule has 112 valence electrons. The molecule has 0 spiro atoms. The topological polar surface area (TPSA) is 71.7 Å². The van der Waals surface area contributed by atoms with E-state index in [2.05, 4.69) is 11.9 Å². The number of piperidine rings is 1. The number of anilines is 2. The predicted octanol–water partition coefficient (Wildman–Crippen LogP) is 1.29. The van der Waals surface area contributed by atoms with Crippen LogP contribution < -0.4 is 10.6 Å². The third kappa shape index (κ3) is 2.88. The van der Waals surface area contributed by atoms with E-state index in [0.717, 1.165) is 18.1 Å². The number of nitrogen functional groups attached to an aromatic ring is 1. The Labute approximate surface area is 123 Å². The van der Waals surface area contributed by atoms with Gasteiger partial charge in [0.25, 0.3) is 5.91 Å². The molecule has 1 aliphatic heterocycles. The fourth-order valence-electron chi connectivity index (χ4n) is 2.33. The number of nitrogens with two attached hydrogens (primary N) is 1. The maximum absolute atomic E-state index is 12.6. The Morgan fingerprint density at radius 2 is 2.25 bits per heavy atom. The van der Waals surface area contributed by atoms with Crippen molar-refractivity contribution in [3.63, 3.8) is 0 Å². The first-order valence-electron chi connectivity index (χ1n) is 6.69. The van der Waals surface area contributed by atoms with Crippen LogP contribution in [-0.2, 0) is 4.74 Å². The molecular weight excluding hydrogens is 276 g/mol. The molecule has 7 heteroatoms. The smallest absolute Gasteiger partial charge is 0.267 e. The minimum absolute atomic E-state index is 0.0398. The van der Waals surface area contributed by atoms with E-state index in [1.165, 1.54) is 11.3 Å². The van der Waals surface area contributed by atoms with Crippen molar-refractivity contribution < 1.29 is 9.53 Å². The number of methoxy groups -OCH3 is 1. The minimum Gasteiger partial charge on any atom is -0.382 e. The van der Waals surface area contributed by atoms with Gasteiger partial charge in [-0.2, -0.15) is 0 Å². The van der Waals surface area contributed by atoms with Crippen LogP contribution in [0.25, 0.3) is 0 Å². The number of hydrogen-bond donors (Lipinski definition) is 1. The molecule has 0 aliphatic carbocycles. The summed E-state index contributed by atoms with van der Waals surface area (Å²) >= 11 is 1.34. The predicted molar refractivity (Wildman–Crippen MR) is 81.3 cm³/mol. The van der Waals surface area contributed by atoms with Crippen LogP contribution in [0.15, 0.2) is 0 Å². The molecule has 1 aromatic heterocycles. The standard InChI is InChI=1S/C13H22N4O2S/c1-8-5-6-17(7-9(8)19-4)12(18)10-11(14)15-13(20-10)16(2)3/h8-9H,5-7,14H2,1-4H3. The summed E-state index contributed by atoms with van der Waals surface area (Å²) < 4.78 is 5.45. The second-order valence-corrected chi connectivity index (χ2v) is 6.37. The van der Waals surface area contributed by atoms with E-state index < -0.39 is 0 Å². The van der Waals surface area contributed by atoms with Crippen molar-refractivity contribution in [3.05, 3.63) is 4.88 Å². The number of hydrogen-bond acceptors (Lipinski definition) is 6. The van der Waals surface area contributed by atoms with Gasteiger partial charge in [0.15, 0.2) is 5.13 Å². The number of carbonyl (C=O) groups excluding carboxylic acids is 1. The van der Waals surface area contributed by atoms with E-state index in [9.17, 15) is 4.79 Å². The fourth-order valence-corrected chi connectivity index (χ4v) is 3.21. The van der Waals surface area contributed by atoms with E-state index in [-0.39, 0.29) is 12.0 Å². The number of ether oxygens (including phenoxy) is 1. The number of thiazole rings is 1. The summed E-state index contributed by atoms with van der Waals surface area (Å²) in [4.78, 5) is 21.0. The Kier molecular flexibility index (Phi) is 4.49. The lowest BCUT2D eigenvalue weighted by Crippen LogP contribution is -2.46. The van der Waals surface area contributed by atoms with Gasteiger partial charge in [0.2, 0.25) is 0 Å². The highest BCUT2D eigenvalue weighted by atomic mass is 32.1. The molecule has 0 saturated carbocycles. The Morgan fingerprint density at radius 1 is 1.55 bits per heavy atom. The summed E-state index contributed by atoms with van der Waals surface area (Å²) in [6, 6.07) is 0. The van der Waals surface area contributed by atoms with Crippen LogP contribution in [-0.4, -0.2) is 56.2 Å². The van der Waals surface area contributed by atoms with Crippen LogP contribution in [0.1, 0.15) is 23.0 Å². The van der Waals surface area contributed by atoms with Gasteiger partial charge in [-0.3, -0.25) is 4.79 Å². The molecule has 2 atom stereocenters. The fraction of sp³-hybridized carbons (Fsp3) is 0.692. The first-order chi connectivity index (χ1) is 9.43. The van der Waals surface area contributed by atoms with Gasteiger partial charge in [-0.05, 0) is 12.3 Å². The van der Waals surface area contributed by atoms with E-state index in [4.69, 9.17) is 10.5 Å². The average molecular weight is 298 g/mol. The minimum atomic E-state index is -0.0398. The highest BCUT2D eigenvalue weighted by Crippen LogP contribution is 2.29. The molecule has 2 unspecified atom stereocenters. The van der Waals surface area contributed by atoms with Crippen molar-refractivity contribution in [1.29, 1.82) is 0 Å². The van der Waals surface area contributed by atoms with Gasteiger partial charge in [0.05, 0.1) is 6.10 Å². The van der Waals surface area contributed by atoms with Crippen LogP contribution in [0, 0.1) is 5.92 Å². The normalized spacial score (nSPS) is 22.9. The maximum atomic E-state index is 12.6. The number of carbonyl (C=O) groups is 1. The van der Waals surface area contributed by atoms with Gasteiger partial charge in [-0.25, -0.2) is 4.98 Å². The van der Waals surface area contributed by atoms with Crippen LogP contribution in [0.5, 0.6) is 0 Å². The van der Waals surface area contributed by atoms with E-state index in [0.29, 0.717) is 23.2 Å². The zero-order chi connectivity index (χ0) is 14.9. The molecule has 1 fully saturated rings. The van der Waals surface area contributed by atoms with Gasteiger partial charge < -0.3 is 20.3 Å². The zero-order valence-corrected chi connectivity index (χ0v) is 13.2. The van der Waals surface area contributed by atoms with Gasteiger partial charge in [-0.15, -0.1) is 0 Å². The molecule has 1 saturated heterocycles. The van der Waals surface area contributed by atoms with Crippen molar-refractivity contribution >= 4 is 28.2 Å². The summed E-state index contributed by atoms with van der Waals surface area (Å²) in [5, 5.41) is 0.750. The van der Waals surface area contributed by atoms with Crippen molar-refractivity contribution in [2.75, 3.05) is 44.9 Å². The number of amides is 1. The largest absolute Gasteiger partial charge is 0.382 e. The average Bonchev–Trinajstić information content (AvgIpc) is 2.81. The second-order valence-electron chi connectivity index (χ2n) is 5.40. The van der Waals surface area contributed by atoms with Crippen LogP contribution in [0.3, 0.4) is 0 Å². The molecule has 6 nitrogen and oxygen atoms in total.